The minimum Gasteiger partial charge on any atom is -0.870 e. The van der Waals surface area contributed by atoms with Crippen molar-refractivity contribution < 1.29 is 5.48 Å². The van der Waals surface area contributed by atoms with Crippen molar-refractivity contribution in [3.8, 4) is 0 Å². The monoisotopic (exact) mass is 397 g/mol. The van der Waals surface area contributed by atoms with Crippen molar-refractivity contribution >= 4 is 11.4 Å². The molecule has 2 aromatic rings. The molecule has 0 unspecified atom stereocenters. The van der Waals surface area contributed by atoms with Crippen LogP contribution < -0.4 is 4.48 Å². The molecule has 0 spiro atoms. The average molecular weight is 398 g/mol. The zero-order valence-corrected chi connectivity index (χ0v) is 18.9. The van der Waals surface area contributed by atoms with Crippen molar-refractivity contribution in [1.82, 2.24) is 4.48 Å². The number of hydrogen-bond acceptors (Lipinski definition) is 1. The molecule has 0 heterocycles. The summed E-state index contributed by atoms with van der Waals surface area (Å²) in [4.78, 5) is 0. The van der Waals surface area contributed by atoms with E-state index in [2.05, 4.69) is 74.5 Å². The zero-order chi connectivity index (χ0) is 19.9. The van der Waals surface area contributed by atoms with Crippen LogP contribution in [0.25, 0.3) is 0 Å². The summed E-state index contributed by atoms with van der Waals surface area (Å²) >= 11 is 0. The highest BCUT2D eigenvalue weighted by Gasteiger charge is 2.31. The molecule has 0 aromatic heterocycles. The minimum atomic E-state index is 0. The number of unbranched alkanes of at least 4 members (excludes halogenated alkanes) is 9. The maximum absolute atomic E-state index is 2.32. The smallest absolute Gasteiger partial charge is 0.137 e. The van der Waals surface area contributed by atoms with E-state index in [1.165, 1.54) is 95.1 Å². The van der Waals surface area contributed by atoms with Crippen LogP contribution in [0.2, 0.25) is 0 Å². The maximum atomic E-state index is 2.32. The normalized spacial score (nSPS) is 11.2. The lowest BCUT2D eigenvalue weighted by atomic mass is 10.0. The molecule has 0 aliphatic rings. The Kier molecular flexibility index (Phi) is 13.3. The van der Waals surface area contributed by atoms with Gasteiger partial charge in [0.15, 0.2) is 0 Å². The number of benzene rings is 2. The quantitative estimate of drug-likeness (QED) is 0.219. The predicted molar refractivity (Wildman–Crippen MR) is 128 cm³/mol. The molecule has 0 aliphatic heterocycles. The van der Waals surface area contributed by atoms with Crippen LogP contribution in [0.5, 0.6) is 0 Å². The Morgan fingerprint density at radius 2 is 0.897 bits per heavy atom. The van der Waals surface area contributed by atoms with E-state index in [0.29, 0.717) is 0 Å². The molecule has 0 bridgehead atoms. The first kappa shape index (κ1) is 25.4. The summed E-state index contributed by atoms with van der Waals surface area (Å²) in [7, 11) is 0. The van der Waals surface area contributed by atoms with Crippen molar-refractivity contribution in [2.24, 2.45) is 0 Å². The van der Waals surface area contributed by atoms with Gasteiger partial charge in [0.25, 0.3) is 0 Å². The lowest BCUT2D eigenvalue weighted by molar-refractivity contribution is 0.365. The average Bonchev–Trinajstić information content (AvgIpc) is 2.75. The minimum absolute atomic E-state index is 0. The van der Waals surface area contributed by atoms with Crippen molar-refractivity contribution in [3.05, 3.63) is 60.7 Å². The zero-order valence-electron chi connectivity index (χ0n) is 18.9. The highest BCUT2D eigenvalue weighted by atomic mass is 16.0. The first-order valence-corrected chi connectivity index (χ1v) is 11.8. The summed E-state index contributed by atoms with van der Waals surface area (Å²) in [5.41, 5.74) is 2.87. The molecule has 2 heteroatoms. The molecular formula is C27H43NO. The molecule has 0 amide bonds. The van der Waals surface area contributed by atoms with Crippen LogP contribution >= 0.6 is 0 Å². The van der Waals surface area contributed by atoms with E-state index < -0.39 is 0 Å². The first-order valence-electron chi connectivity index (χ1n) is 11.8. The van der Waals surface area contributed by atoms with Gasteiger partial charge in [0.05, 0.1) is 13.1 Å². The van der Waals surface area contributed by atoms with Crippen molar-refractivity contribution in [2.75, 3.05) is 13.1 Å². The molecule has 1 N–H and O–H groups in total. The van der Waals surface area contributed by atoms with Crippen LogP contribution in [0.1, 0.15) is 84.5 Å². The Morgan fingerprint density at radius 1 is 0.483 bits per heavy atom. The lowest BCUT2D eigenvalue weighted by Crippen LogP contribution is -2.45. The highest BCUT2D eigenvalue weighted by molar-refractivity contribution is 5.58. The van der Waals surface area contributed by atoms with Gasteiger partial charge in [-0.15, -0.1) is 0 Å². The third-order valence-electron chi connectivity index (χ3n) is 6.00. The second kappa shape index (κ2) is 15.2. The molecule has 0 saturated heterocycles. The van der Waals surface area contributed by atoms with Gasteiger partial charge in [-0.2, -0.15) is 0 Å². The van der Waals surface area contributed by atoms with Crippen LogP contribution in [0.3, 0.4) is 0 Å². The predicted octanol–water partition coefficient (Wildman–Crippen LogP) is 8.48. The number of rotatable bonds is 15. The summed E-state index contributed by atoms with van der Waals surface area (Å²) in [6.45, 7) is 6.99. The third-order valence-corrected chi connectivity index (χ3v) is 6.00. The highest BCUT2D eigenvalue weighted by Crippen LogP contribution is 2.35. The van der Waals surface area contributed by atoms with E-state index >= 15 is 0 Å². The van der Waals surface area contributed by atoms with Gasteiger partial charge in [-0.25, -0.2) is 0 Å². The van der Waals surface area contributed by atoms with Crippen LogP contribution in [-0.2, 0) is 0 Å². The van der Waals surface area contributed by atoms with Crippen molar-refractivity contribution in [1.29, 1.82) is 0 Å². The largest absolute Gasteiger partial charge is 0.870 e. The Labute approximate surface area is 179 Å². The molecule has 29 heavy (non-hydrogen) atoms. The Hall–Kier alpha value is -1.64. The molecule has 0 fully saturated rings. The van der Waals surface area contributed by atoms with Gasteiger partial charge in [-0.1, -0.05) is 102 Å². The lowest BCUT2D eigenvalue weighted by Gasteiger charge is -2.38. The molecule has 0 radical (unpaired) electrons. The fourth-order valence-electron chi connectivity index (χ4n) is 4.45. The van der Waals surface area contributed by atoms with Gasteiger partial charge >= 0.3 is 0 Å². The van der Waals surface area contributed by atoms with Crippen molar-refractivity contribution in [3.63, 3.8) is 0 Å². The van der Waals surface area contributed by atoms with E-state index in [4.69, 9.17) is 0 Å². The fraction of sp³-hybridized carbons (Fsp3) is 0.556. The van der Waals surface area contributed by atoms with Crippen LogP contribution in [0.4, 0.5) is 11.4 Å². The summed E-state index contributed by atoms with van der Waals surface area (Å²) in [5, 5.41) is 0. The SMILES string of the molecule is CCCCCCCCCCCC[N+](CCC)(c1ccccc1)c1ccccc1.[OH-]. The van der Waals surface area contributed by atoms with Crippen LogP contribution in [0.15, 0.2) is 60.7 Å². The molecule has 162 valence electrons. The van der Waals surface area contributed by atoms with E-state index in [0.717, 1.165) is 4.48 Å². The summed E-state index contributed by atoms with van der Waals surface area (Å²) in [6, 6.07) is 22.3. The summed E-state index contributed by atoms with van der Waals surface area (Å²) in [5.74, 6) is 0. The Morgan fingerprint density at radius 3 is 1.31 bits per heavy atom. The van der Waals surface area contributed by atoms with Gasteiger partial charge in [-0.05, 0) is 43.5 Å². The number of nitrogens with zero attached hydrogens (tertiary/aromatic N) is 1. The van der Waals surface area contributed by atoms with Crippen LogP contribution in [-0.4, -0.2) is 18.6 Å². The summed E-state index contributed by atoms with van der Waals surface area (Å²) in [6.07, 6.45) is 15.2. The summed E-state index contributed by atoms with van der Waals surface area (Å²) < 4.78 is 0.995. The van der Waals surface area contributed by atoms with E-state index in [1.807, 2.05) is 0 Å². The molecule has 2 aromatic carbocycles. The standard InChI is InChI=1S/C27H42N.H2O/c1-3-5-6-7-8-9-10-11-12-19-25-28(24-4-2,26-20-15-13-16-21-26)27-22-17-14-18-23-27;/h13-18,20-23H,3-12,19,24-25H2,1-2H3;1H2/q+1;/p-1. The van der Waals surface area contributed by atoms with Crippen molar-refractivity contribution in [2.45, 2.75) is 84.5 Å². The van der Waals surface area contributed by atoms with Crippen LogP contribution in [0, 0.1) is 0 Å². The molecule has 0 atom stereocenters. The van der Waals surface area contributed by atoms with E-state index in [-0.39, 0.29) is 5.48 Å². The van der Waals surface area contributed by atoms with Gasteiger partial charge in [0, 0.05) is 0 Å². The molecule has 2 rings (SSSR count). The topological polar surface area (TPSA) is 30.0 Å². The van der Waals surface area contributed by atoms with E-state index in [1.54, 1.807) is 0 Å². The van der Waals surface area contributed by atoms with Gasteiger partial charge in [0.2, 0.25) is 0 Å². The maximum Gasteiger partial charge on any atom is 0.137 e. The molecule has 0 aliphatic carbocycles. The fourth-order valence-corrected chi connectivity index (χ4v) is 4.45. The van der Waals surface area contributed by atoms with Gasteiger partial charge in [0.1, 0.15) is 11.4 Å². The van der Waals surface area contributed by atoms with Gasteiger partial charge < -0.3 is 5.48 Å². The second-order valence-electron chi connectivity index (χ2n) is 8.27. The molecular weight excluding hydrogens is 354 g/mol. The second-order valence-corrected chi connectivity index (χ2v) is 8.27. The molecule has 0 saturated carbocycles. The number of quaternary nitrogens is 1. The number of para-hydroxylation sites is 2. The third kappa shape index (κ3) is 8.32. The number of hydrogen-bond donors (Lipinski definition) is 0. The van der Waals surface area contributed by atoms with E-state index in [9.17, 15) is 0 Å². The Bertz CT molecular complexity index is 571. The first-order chi connectivity index (χ1) is 13.8. The van der Waals surface area contributed by atoms with Gasteiger partial charge in [-0.3, -0.25) is 4.48 Å². The molecule has 2 nitrogen and oxygen atoms in total. The Balaban J connectivity index is 0.00000420.